The van der Waals surface area contributed by atoms with E-state index in [4.69, 9.17) is 4.74 Å². The second-order valence-corrected chi connectivity index (χ2v) is 5.93. The first-order valence-corrected chi connectivity index (χ1v) is 8.14. The molecule has 6 nitrogen and oxygen atoms in total. The molecule has 0 unspecified atom stereocenters. The number of piperazine rings is 1. The quantitative estimate of drug-likeness (QED) is 0.771. The summed E-state index contributed by atoms with van der Waals surface area (Å²) in [6.45, 7) is 3.55. The Morgan fingerprint density at radius 2 is 2.14 bits per heavy atom. The van der Waals surface area contributed by atoms with Crippen LogP contribution in [0.5, 0.6) is 0 Å². The second kappa shape index (κ2) is 8.09. The van der Waals surface area contributed by atoms with Gasteiger partial charge in [-0.1, -0.05) is 0 Å². The van der Waals surface area contributed by atoms with Crippen LogP contribution >= 0.6 is 11.8 Å². The molecule has 2 rings (SSSR count). The molecule has 2 heterocycles. The number of aromatic nitrogens is 1. The number of rotatable bonds is 6. The molecule has 0 atom stereocenters. The van der Waals surface area contributed by atoms with Gasteiger partial charge in [-0.25, -0.2) is 0 Å². The molecule has 0 aromatic carbocycles. The summed E-state index contributed by atoms with van der Waals surface area (Å²) in [4.78, 5) is 30.5. The third-order valence-electron chi connectivity index (χ3n) is 3.39. The fraction of sp³-hybridized carbons (Fsp3) is 0.571. The summed E-state index contributed by atoms with van der Waals surface area (Å²) < 4.78 is 4.96. The number of ether oxygens (including phenoxy) is 1. The van der Waals surface area contributed by atoms with Gasteiger partial charge in [-0.05, 0) is 0 Å². The molecule has 1 aromatic rings. The molecule has 1 saturated heterocycles. The van der Waals surface area contributed by atoms with Crippen LogP contribution in [0.2, 0.25) is 0 Å². The zero-order valence-corrected chi connectivity index (χ0v) is 13.0. The minimum absolute atomic E-state index is 0.00296. The van der Waals surface area contributed by atoms with Gasteiger partial charge in [-0.2, -0.15) is 0 Å². The van der Waals surface area contributed by atoms with Crippen LogP contribution in [0.1, 0.15) is 0 Å². The Hall–Kier alpha value is -1.47. The maximum absolute atomic E-state index is 12.0. The predicted molar refractivity (Wildman–Crippen MR) is 85.1 cm³/mol. The van der Waals surface area contributed by atoms with E-state index in [0.29, 0.717) is 25.4 Å². The van der Waals surface area contributed by atoms with Crippen LogP contribution in [0.4, 0.5) is 5.82 Å². The van der Waals surface area contributed by atoms with Gasteiger partial charge in [0.2, 0.25) is 5.91 Å². The largest absolute Gasteiger partial charge is 0.384 e. The van der Waals surface area contributed by atoms with Crippen molar-refractivity contribution >= 4 is 23.5 Å². The minimum Gasteiger partial charge on any atom is -0.384 e. The van der Waals surface area contributed by atoms with Gasteiger partial charge in [-0.15, -0.1) is 11.8 Å². The fourth-order valence-electron chi connectivity index (χ4n) is 2.21. The number of carbonyl (C=O) groups is 1. The lowest BCUT2D eigenvalue weighted by molar-refractivity contribution is -0.128. The van der Waals surface area contributed by atoms with E-state index in [9.17, 15) is 9.59 Å². The number of methoxy groups -OCH3 is 1. The zero-order valence-electron chi connectivity index (χ0n) is 12.2. The average molecular weight is 311 g/mol. The maximum atomic E-state index is 12.0. The molecular weight excluding hydrogens is 290 g/mol. The lowest BCUT2D eigenvalue weighted by Gasteiger charge is -2.35. The number of aromatic amines is 1. The number of hydrogen-bond acceptors (Lipinski definition) is 5. The Kier molecular flexibility index (Phi) is 6.13. The molecular formula is C14H21N3O3S. The standard InChI is InChI=1S/C14H21N3O3S/c1-20-8-9-21-11-14(19)17-6-4-16(5-7-17)13-10-12(18)2-3-15-13/h2-3,10H,4-9,11H2,1H3,(H,15,18). The highest BCUT2D eigenvalue weighted by molar-refractivity contribution is 7.99. The summed E-state index contributed by atoms with van der Waals surface area (Å²) in [6, 6.07) is 3.10. The summed E-state index contributed by atoms with van der Waals surface area (Å²) in [5, 5.41) is 0. The smallest absolute Gasteiger partial charge is 0.232 e. The van der Waals surface area contributed by atoms with E-state index >= 15 is 0 Å². The number of amides is 1. The second-order valence-electron chi connectivity index (χ2n) is 4.82. The number of H-pyrrole nitrogens is 1. The van der Waals surface area contributed by atoms with E-state index in [2.05, 4.69) is 9.88 Å². The molecule has 7 heteroatoms. The predicted octanol–water partition coefficient (Wildman–Crippen LogP) is 0.403. The molecule has 1 aromatic heterocycles. The number of thioether (sulfide) groups is 1. The van der Waals surface area contributed by atoms with E-state index in [1.807, 2.05) is 4.90 Å². The molecule has 0 bridgehead atoms. The van der Waals surface area contributed by atoms with Crippen molar-refractivity contribution in [2.45, 2.75) is 0 Å². The summed E-state index contributed by atoms with van der Waals surface area (Å²) in [6.07, 6.45) is 1.65. The molecule has 1 fully saturated rings. The first kappa shape index (κ1) is 15.9. The van der Waals surface area contributed by atoms with E-state index in [-0.39, 0.29) is 11.3 Å². The highest BCUT2D eigenvalue weighted by Crippen LogP contribution is 2.12. The van der Waals surface area contributed by atoms with E-state index in [1.54, 1.807) is 31.1 Å². The van der Waals surface area contributed by atoms with Gasteiger partial charge in [-0.3, -0.25) is 9.59 Å². The number of nitrogens with one attached hydrogen (secondary N) is 1. The van der Waals surface area contributed by atoms with Gasteiger partial charge in [0.05, 0.1) is 12.4 Å². The molecule has 1 aliphatic rings. The minimum atomic E-state index is -0.00296. The monoisotopic (exact) mass is 311 g/mol. The number of hydrogen-bond donors (Lipinski definition) is 1. The van der Waals surface area contributed by atoms with Crippen molar-refractivity contribution < 1.29 is 9.53 Å². The van der Waals surface area contributed by atoms with Crippen molar-refractivity contribution in [1.29, 1.82) is 0 Å². The van der Waals surface area contributed by atoms with Crippen LogP contribution < -0.4 is 10.3 Å². The van der Waals surface area contributed by atoms with E-state index in [0.717, 1.165) is 24.7 Å². The maximum Gasteiger partial charge on any atom is 0.232 e. The molecule has 0 aliphatic carbocycles. The van der Waals surface area contributed by atoms with Crippen LogP contribution in [-0.2, 0) is 9.53 Å². The molecule has 0 spiro atoms. The third-order valence-corrected chi connectivity index (χ3v) is 4.29. The van der Waals surface area contributed by atoms with Crippen molar-refractivity contribution in [3.05, 3.63) is 28.6 Å². The van der Waals surface area contributed by atoms with E-state index < -0.39 is 0 Å². The Bertz CT molecular complexity index is 512. The Balaban J connectivity index is 1.77. The normalized spacial score (nSPS) is 15.3. The van der Waals surface area contributed by atoms with Crippen LogP contribution in [-0.4, -0.2) is 67.2 Å². The molecule has 1 aliphatic heterocycles. The SMILES string of the molecule is COCCSCC(=O)N1CCN(c2cc(=O)cc[nH]2)CC1. The highest BCUT2D eigenvalue weighted by Gasteiger charge is 2.21. The lowest BCUT2D eigenvalue weighted by atomic mass is 10.3. The number of anilines is 1. The van der Waals surface area contributed by atoms with Crippen molar-refractivity contribution in [2.24, 2.45) is 0 Å². The molecule has 1 amide bonds. The van der Waals surface area contributed by atoms with Crippen molar-refractivity contribution in [3.8, 4) is 0 Å². The van der Waals surface area contributed by atoms with Gasteiger partial charge >= 0.3 is 0 Å². The van der Waals surface area contributed by atoms with Crippen molar-refractivity contribution in [2.75, 3.05) is 56.3 Å². The average Bonchev–Trinajstić information content (AvgIpc) is 2.51. The van der Waals surface area contributed by atoms with Gasteiger partial charge in [0.25, 0.3) is 0 Å². The lowest BCUT2D eigenvalue weighted by Crippen LogP contribution is -2.49. The van der Waals surface area contributed by atoms with Crippen molar-refractivity contribution in [3.63, 3.8) is 0 Å². The molecule has 1 N–H and O–H groups in total. The highest BCUT2D eigenvalue weighted by atomic mass is 32.2. The van der Waals surface area contributed by atoms with E-state index in [1.165, 1.54) is 6.07 Å². The van der Waals surface area contributed by atoms with Crippen LogP contribution in [0.3, 0.4) is 0 Å². The summed E-state index contributed by atoms with van der Waals surface area (Å²) >= 11 is 1.60. The van der Waals surface area contributed by atoms with Gasteiger partial charge < -0.3 is 19.5 Å². The number of carbonyl (C=O) groups excluding carboxylic acids is 1. The number of pyridine rings is 1. The summed E-state index contributed by atoms with van der Waals surface area (Å²) in [5.41, 5.74) is -0.00296. The fourth-order valence-corrected chi connectivity index (χ4v) is 2.99. The van der Waals surface area contributed by atoms with Crippen LogP contribution in [0, 0.1) is 0 Å². The van der Waals surface area contributed by atoms with Crippen molar-refractivity contribution in [1.82, 2.24) is 9.88 Å². The molecule has 116 valence electrons. The molecule has 21 heavy (non-hydrogen) atoms. The Morgan fingerprint density at radius 3 is 2.81 bits per heavy atom. The molecule has 0 saturated carbocycles. The first-order valence-electron chi connectivity index (χ1n) is 6.99. The first-order chi connectivity index (χ1) is 10.2. The van der Waals surface area contributed by atoms with Gasteiger partial charge in [0.15, 0.2) is 5.43 Å². The van der Waals surface area contributed by atoms with Gasteiger partial charge in [0.1, 0.15) is 5.82 Å². The third kappa shape index (κ3) is 4.78. The Morgan fingerprint density at radius 1 is 1.38 bits per heavy atom. The zero-order chi connectivity index (χ0) is 15.1. The summed E-state index contributed by atoms with van der Waals surface area (Å²) in [7, 11) is 1.66. The topological polar surface area (TPSA) is 65.6 Å². The number of nitrogens with zero attached hydrogens (tertiary/aromatic N) is 2. The summed E-state index contributed by atoms with van der Waals surface area (Å²) in [5.74, 6) is 2.35. The Labute approximate surface area is 128 Å². The molecule has 0 radical (unpaired) electrons. The van der Waals surface area contributed by atoms with Gasteiger partial charge in [0, 0.05) is 57.4 Å². The van der Waals surface area contributed by atoms with Crippen LogP contribution in [0.15, 0.2) is 23.1 Å². The van der Waals surface area contributed by atoms with Crippen LogP contribution in [0.25, 0.3) is 0 Å².